The number of alkyl halides is 3. The van der Waals surface area contributed by atoms with Crippen LogP contribution in [-0.4, -0.2) is 27.0 Å². The van der Waals surface area contributed by atoms with Crippen LogP contribution in [0.3, 0.4) is 0 Å². The third-order valence-electron chi connectivity index (χ3n) is 2.91. The minimum atomic E-state index is -4.28. The van der Waals surface area contributed by atoms with Crippen LogP contribution in [0.25, 0.3) is 11.1 Å². The number of nitrogens with zero attached hydrogens (tertiary/aromatic N) is 2. The number of halogens is 3. The van der Waals surface area contributed by atoms with Crippen LogP contribution in [0.15, 0.2) is 36.7 Å². The van der Waals surface area contributed by atoms with Gasteiger partial charge in [-0.1, -0.05) is 24.3 Å². The van der Waals surface area contributed by atoms with Gasteiger partial charge in [0.2, 0.25) is 0 Å². The summed E-state index contributed by atoms with van der Waals surface area (Å²) in [6, 6.07) is 6.24. The molecule has 0 amide bonds. The Morgan fingerprint density at radius 1 is 1.29 bits per heavy atom. The standard InChI is InChI=1S/C14H13F3N2O2/c15-14(16,17)7-10-3-1-2-4-12(10)11-8-18-19(9-11)6-5-13(20)21/h1-4,8-9H,5-7H2,(H,20,21). The predicted molar refractivity (Wildman–Crippen MR) is 69.7 cm³/mol. The van der Waals surface area contributed by atoms with Crippen molar-refractivity contribution in [3.05, 3.63) is 42.2 Å². The van der Waals surface area contributed by atoms with Crippen LogP contribution in [0.5, 0.6) is 0 Å². The Kier molecular flexibility index (Phi) is 4.30. The van der Waals surface area contributed by atoms with Crippen molar-refractivity contribution in [2.45, 2.75) is 25.6 Å². The Labute approximate surface area is 118 Å². The fourth-order valence-corrected chi connectivity index (χ4v) is 2.01. The van der Waals surface area contributed by atoms with E-state index >= 15 is 0 Å². The maximum Gasteiger partial charge on any atom is 0.393 e. The predicted octanol–water partition coefficient (Wildman–Crippen LogP) is 3.13. The smallest absolute Gasteiger partial charge is 0.393 e. The number of aliphatic carboxylic acids is 1. The Morgan fingerprint density at radius 2 is 2.00 bits per heavy atom. The molecular weight excluding hydrogens is 285 g/mol. The summed E-state index contributed by atoms with van der Waals surface area (Å²) in [5.74, 6) is -0.954. The highest BCUT2D eigenvalue weighted by atomic mass is 19.4. The summed E-state index contributed by atoms with van der Waals surface area (Å²) in [6.45, 7) is 0.177. The van der Waals surface area contributed by atoms with E-state index in [9.17, 15) is 18.0 Å². The van der Waals surface area contributed by atoms with E-state index in [1.807, 2.05) is 0 Å². The fraction of sp³-hybridized carbons (Fsp3) is 0.286. The minimum absolute atomic E-state index is 0.0919. The third kappa shape index (κ3) is 4.34. The molecule has 0 radical (unpaired) electrons. The second-order valence-electron chi connectivity index (χ2n) is 4.58. The number of carboxylic acids is 1. The summed E-state index contributed by atoms with van der Waals surface area (Å²) >= 11 is 0. The zero-order valence-corrected chi connectivity index (χ0v) is 11.0. The number of hydrogen-bond donors (Lipinski definition) is 1. The summed E-state index contributed by atoms with van der Waals surface area (Å²) in [4.78, 5) is 10.5. The van der Waals surface area contributed by atoms with Crippen LogP contribution >= 0.6 is 0 Å². The first-order valence-corrected chi connectivity index (χ1v) is 6.24. The summed E-state index contributed by atoms with van der Waals surface area (Å²) in [5.41, 5.74) is 1.17. The van der Waals surface area contributed by atoms with Crippen molar-refractivity contribution in [2.24, 2.45) is 0 Å². The molecule has 2 rings (SSSR count). The van der Waals surface area contributed by atoms with E-state index < -0.39 is 18.6 Å². The molecule has 4 nitrogen and oxygen atoms in total. The van der Waals surface area contributed by atoms with Gasteiger partial charge in [0.25, 0.3) is 0 Å². The van der Waals surface area contributed by atoms with Gasteiger partial charge in [0.1, 0.15) is 0 Å². The molecule has 2 aromatic rings. The Bertz CT molecular complexity index is 635. The lowest BCUT2D eigenvalue weighted by Gasteiger charge is -2.10. The van der Waals surface area contributed by atoms with Gasteiger partial charge < -0.3 is 5.11 Å². The third-order valence-corrected chi connectivity index (χ3v) is 2.91. The first-order chi connectivity index (χ1) is 9.85. The van der Waals surface area contributed by atoms with Gasteiger partial charge in [-0.2, -0.15) is 18.3 Å². The molecule has 0 atom stereocenters. The number of carboxylic acid groups (broad SMARTS) is 1. The van der Waals surface area contributed by atoms with E-state index in [1.54, 1.807) is 24.4 Å². The molecule has 1 aromatic carbocycles. The second-order valence-corrected chi connectivity index (χ2v) is 4.58. The summed E-state index contributed by atoms with van der Waals surface area (Å²) in [5, 5.41) is 12.6. The van der Waals surface area contributed by atoms with Gasteiger partial charge in [0, 0.05) is 11.8 Å². The molecule has 1 heterocycles. The van der Waals surface area contributed by atoms with Crippen LogP contribution in [-0.2, 0) is 17.8 Å². The minimum Gasteiger partial charge on any atom is -0.481 e. The molecule has 0 unspecified atom stereocenters. The van der Waals surface area contributed by atoms with E-state index in [4.69, 9.17) is 5.11 Å². The monoisotopic (exact) mass is 298 g/mol. The van der Waals surface area contributed by atoms with Crippen molar-refractivity contribution in [1.29, 1.82) is 0 Å². The van der Waals surface area contributed by atoms with Crippen molar-refractivity contribution >= 4 is 5.97 Å². The molecule has 0 aliphatic rings. The molecule has 0 spiro atoms. The largest absolute Gasteiger partial charge is 0.481 e. The summed E-state index contributed by atoms with van der Waals surface area (Å²) in [6.07, 6.45) is -2.39. The van der Waals surface area contributed by atoms with E-state index in [-0.39, 0.29) is 18.5 Å². The van der Waals surface area contributed by atoms with Gasteiger partial charge in [-0.25, -0.2) is 0 Å². The zero-order valence-electron chi connectivity index (χ0n) is 11.0. The van der Waals surface area contributed by atoms with E-state index in [2.05, 4.69) is 5.10 Å². The Balaban J connectivity index is 2.24. The number of aromatic nitrogens is 2. The Morgan fingerprint density at radius 3 is 2.67 bits per heavy atom. The fourth-order valence-electron chi connectivity index (χ4n) is 2.01. The highest BCUT2D eigenvalue weighted by Gasteiger charge is 2.29. The lowest BCUT2D eigenvalue weighted by molar-refractivity contribution is -0.137. The van der Waals surface area contributed by atoms with Crippen molar-refractivity contribution in [3.63, 3.8) is 0 Å². The highest BCUT2D eigenvalue weighted by molar-refractivity contribution is 5.67. The van der Waals surface area contributed by atoms with Gasteiger partial charge in [-0.3, -0.25) is 9.48 Å². The van der Waals surface area contributed by atoms with Crippen LogP contribution in [0.4, 0.5) is 13.2 Å². The molecule has 0 fully saturated rings. The van der Waals surface area contributed by atoms with Gasteiger partial charge in [0.05, 0.1) is 25.6 Å². The van der Waals surface area contributed by atoms with Gasteiger partial charge >= 0.3 is 12.1 Å². The maximum absolute atomic E-state index is 12.6. The molecule has 0 saturated heterocycles. The van der Waals surface area contributed by atoms with Gasteiger partial charge in [-0.15, -0.1) is 0 Å². The van der Waals surface area contributed by atoms with Crippen molar-refractivity contribution in [1.82, 2.24) is 9.78 Å². The van der Waals surface area contributed by atoms with E-state index in [0.29, 0.717) is 11.1 Å². The average molecular weight is 298 g/mol. The van der Waals surface area contributed by atoms with Crippen molar-refractivity contribution in [2.75, 3.05) is 0 Å². The van der Waals surface area contributed by atoms with E-state index in [1.165, 1.54) is 16.9 Å². The number of aryl methyl sites for hydroxylation is 1. The molecule has 0 aliphatic heterocycles. The van der Waals surface area contributed by atoms with Crippen LogP contribution < -0.4 is 0 Å². The zero-order chi connectivity index (χ0) is 15.5. The molecule has 1 N–H and O–H groups in total. The van der Waals surface area contributed by atoms with E-state index in [0.717, 1.165) is 0 Å². The summed E-state index contributed by atoms with van der Waals surface area (Å²) < 4.78 is 39.1. The Hall–Kier alpha value is -2.31. The normalized spacial score (nSPS) is 11.6. The van der Waals surface area contributed by atoms with Crippen molar-refractivity contribution < 1.29 is 23.1 Å². The number of carbonyl (C=O) groups is 1. The molecule has 0 bridgehead atoms. The number of benzene rings is 1. The second kappa shape index (κ2) is 5.99. The summed E-state index contributed by atoms with van der Waals surface area (Å²) in [7, 11) is 0. The van der Waals surface area contributed by atoms with Crippen LogP contribution in [0.1, 0.15) is 12.0 Å². The highest BCUT2D eigenvalue weighted by Crippen LogP contribution is 2.29. The van der Waals surface area contributed by atoms with Crippen molar-refractivity contribution in [3.8, 4) is 11.1 Å². The molecule has 21 heavy (non-hydrogen) atoms. The molecular formula is C14H13F3N2O2. The number of hydrogen-bond acceptors (Lipinski definition) is 2. The molecule has 1 aromatic heterocycles. The van der Waals surface area contributed by atoms with Gasteiger partial charge in [-0.05, 0) is 11.1 Å². The quantitative estimate of drug-likeness (QED) is 0.922. The van der Waals surface area contributed by atoms with Crippen LogP contribution in [0.2, 0.25) is 0 Å². The molecule has 112 valence electrons. The molecule has 0 aliphatic carbocycles. The topological polar surface area (TPSA) is 55.1 Å². The lowest BCUT2D eigenvalue weighted by Crippen LogP contribution is -2.12. The maximum atomic E-state index is 12.6. The molecule has 7 heteroatoms. The SMILES string of the molecule is O=C(O)CCn1cc(-c2ccccc2CC(F)(F)F)cn1. The number of rotatable bonds is 5. The van der Waals surface area contributed by atoms with Gasteiger partial charge in [0.15, 0.2) is 0 Å². The van der Waals surface area contributed by atoms with Crippen LogP contribution in [0, 0.1) is 0 Å². The molecule has 0 saturated carbocycles. The lowest BCUT2D eigenvalue weighted by atomic mass is 10.00. The first kappa shape index (κ1) is 15.1. The first-order valence-electron chi connectivity index (χ1n) is 6.24. The average Bonchev–Trinajstić information content (AvgIpc) is 2.83.